The molecule has 8 heteroatoms. The molecule has 1 aromatic carbocycles. The van der Waals surface area contributed by atoms with Crippen molar-refractivity contribution in [2.45, 2.75) is 37.0 Å². The summed E-state index contributed by atoms with van der Waals surface area (Å²) in [6, 6.07) is 8.80. The second kappa shape index (κ2) is 7.74. The minimum absolute atomic E-state index is 0.157. The molecule has 0 unspecified atom stereocenters. The molecule has 2 heterocycles. The summed E-state index contributed by atoms with van der Waals surface area (Å²) in [6.45, 7) is 4.17. The van der Waals surface area contributed by atoms with E-state index in [1.54, 1.807) is 44.2 Å². The molecular weight excluding hydrogens is 354 g/mol. The number of aryl methyl sites for hydroxylation is 1. The fraction of sp³-hybridized carbons (Fsp3) is 0.333. The highest BCUT2D eigenvalue weighted by Gasteiger charge is 2.38. The van der Waals surface area contributed by atoms with Gasteiger partial charge >= 0.3 is 0 Å². The number of amides is 3. The van der Waals surface area contributed by atoms with E-state index in [4.69, 9.17) is 4.52 Å². The molecule has 0 saturated carbocycles. The van der Waals surface area contributed by atoms with E-state index in [0.29, 0.717) is 22.8 Å². The van der Waals surface area contributed by atoms with Gasteiger partial charge in [0, 0.05) is 23.9 Å². The van der Waals surface area contributed by atoms with E-state index in [0.717, 1.165) is 5.69 Å². The van der Waals surface area contributed by atoms with Crippen LogP contribution in [0.3, 0.4) is 0 Å². The molecule has 1 aliphatic rings. The summed E-state index contributed by atoms with van der Waals surface area (Å²) in [5.41, 5.74) is 1.21. The first-order valence-electron chi connectivity index (χ1n) is 8.30. The third kappa shape index (κ3) is 3.80. The van der Waals surface area contributed by atoms with Crippen LogP contribution >= 0.6 is 11.8 Å². The number of hydrogen-bond acceptors (Lipinski definition) is 6. The number of hydrogen-bond donors (Lipinski definition) is 1. The van der Waals surface area contributed by atoms with Crippen LogP contribution in [0.1, 0.15) is 35.2 Å². The molecule has 7 nitrogen and oxygen atoms in total. The molecule has 1 fully saturated rings. The lowest BCUT2D eigenvalue weighted by Crippen LogP contribution is -2.31. The molecule has 1 N–H and O–H groups in total. The van der Waals surface area contributed by atoms with Crippen molar-refractivity contribution in [1.82, 2.24) is 15.4 Å². The first-order chi connectivity index (χ1) is 12.5. The van der Waals surface area contributed by atoms with Crippen LogP contribution < -0.4 is 5.32 Å². The maximum Gasteiger partial charge on any atom is 0.252 e. The largest absolute Gasteiger partial charge is 0.359 e. The SMILES string of the molecule is CCN1C(=O)C[C@@H](Sc2ccccc2C(=O)NCc2cc(C)no2)C1=O. The zero-order chi connectivity index (χ0) is 18.7. The van der Waals surface area contributed by atoms with Gasteiger partial charge in [-0.1, -0.05) is 17.3 Å². The number of carbonyl (C=O) groups is 3. The van der Waals surface area contributed by atoms with Gasteiger partial charge in [0.05, 0.1) is 23.1 Å². The van der Waals surface area contributed by atoms with E-state index in [-0.39, 0.29) is 30.7 Å². The number of imide groups is 1. The average Bonchev–Trinajstić information content (AvgIpc) is 3.16. The summed E-state index contributed by atoms with van der Waals surface area (Å²) < 4.78 is 5.08. The van der Waals surface area contributed by atoms with Crippen molar-refractivity contribution in [1.29, 1.82) is 0 Å². The standard InChI is InChI=1S/C18H19N3O4S/c1-3-21-16(22)9-15(18(21)24)26-14-7-5-4-6-13(14)17(23)19-10-12-8-11(2)20-25-12/h4-8,15H,3,9-10H2,1-2H3,(H,19,23)/t15-/m1/s1. The second-order valence-electron chi connectivity index (χ2n) is 5.90. The predicted octanol–water partition coefficient (Wildman–Crippen LogP) is 2.15. The Kier molecular flexibility index (Phi) is 5.41. The Morgan fingerprint density at radius 3 is 2.81 bits per heavy atom. The van der Waals surface area contributed by atoms with E-state index in [1.807, 2.05) is 0 Å². The Balaban J connectivity index is 1.71. The van der Waals surface area contributed by atoms with E-state index < -0.39 is 5.25 Å². The second-order valence-corrected chi connectivity index (χ2v) is 7.14. The van der Waals surface area contributed by atoms with Crippen LogP contribution in [-0.4, -0.2) is 39.6 Å². The Bertz CT molecular complexity index is 848. The highest BCUT2D eigenvalue weighted by Crippen LogP contribution is 2.33. The first kappa shape index (κ1) is 18.2. The fourth-order valence-corrected chi connectivity index (χ4v) is 3.95. The molecule has 3 amide bonds. The van der Waals surface area contributed by atoms with E-state index in [9.17, 15) is 14.4 Å². The first-order valence-corrected chi connectivity index (χ1v) is 9.17. The molecule has 1 saturated heterocycles. The van der Waals surface area contributed by atoms with Gasteiger partial charge in [-0.25, -0.2) is 0 Å². The van der Waals surface area contributed by atoms with Crippen molar-refractivity contribution in [3.05, 3.63) is 47.3 Å². The van der Waals surface area contributed by atoms with Crippen LogP contribution in [0, 0.1) is 6.92 Å². The molecule has 0 bridgehead atoms. The van der Waals surface area contributed by atoms with Crippen LogP contribution in [0.5, 0.6) is 0 Å². The lowest BCUT2D eigenvalue weighted by molar-refractivity contribution is -0.137. The molecule has 136 valence electrons. The highest BCUT2D eigenvalue weighted by atomic mass is 32.2. The zero-order valence-electron chi connectivity index (χ0n) is 14.5. The van der Waals surface area contributed by atoms with E-state index >= 15 is 0 Å². The fourth-order valence-electron chi connectivity index (χ4n) is 2.75. The quantitative estimate of drug-likeness (QED) is 0.780. The van der Waals surface area contributed by atoms with Gasteiger partial charge in [-0.3, -0.25) is 19.3 Å². The maximum atomic E-state index is 12.5. The Labute approximate surface area is 155 Å². The lowest BCUT2D eigenvalue weighted by atomic mass is 10.2. The van der Waals surface area contributed by atoms with Gasteiger partial charge in [0.1, 0.15) is 0 Å². The van der Waals surface area contributed by atoms with Crippen LogP contribution in [0.15, 0.2) is 39.8 Å². The molecule has 1 aliphatic heterocycles. The molecule has 1 aromatic heterocycles. The number of rotatable bonds is 6. The molecule has 1 atom stereocenters. The molecule has 2 aromatic rings. The van der Waals surface area contributed by atoms with Crippen LogP contribution in [-0.2, 0) is 16.1 Å². The molecule has 0 radical (unpaired) electrons. The van der Waals surface area contributed by atoms with Crippen molar-refractivity contribution in [3.63, 3.8) is 0 Å². The van der Waals surface area contributed by atoms with Crippen molar-refractivity contribution >= 4 is 29.5 Å². The number of nitrogens with zero attached hydrogens (tertiary/aromatic N) is 2. The van der Waals surface area contributed by atoms with E-state index in [1.165, 1.54) is 16.7 Å². The molecular formula is C18H19N3O4S. The lowest BCUT2D eigenvalue weighted by Gasteiger charge is -2.13. The monoisotopic (exact) mass is 373 g/mol. The van der Waals surface area contributed by atoms with E-state index in [2.05, 4.69) is 10.5 Å². The summed E-state index contributed by atoms with van der Waals surface area (Å²) in [5.74, 6) is -0.0742. The van der Waals surface area contributed by atoms with Gasteiger partial charge in [0.2, 0.25) is 11.8 Å². The van der Waals surface area contributed by atoms with Crippen LogP contribution in [0.4, 0.5) is 0 Å². The number of likely N-dealkylation sites (tertiary alicyclic amines) is 1. The number of thioether (sulfide) groups is 1. The van der Waals surface area contributed by atoms with Gasteiger partial charge in [0.15, 0.2) is 5.76 Å². The van der Waals surface area contributed by atoms with Crippen molar-refractivity contribution in [2.24, 2.45) is 0 Å². The van der Waals surface area contributed by atoms with Gasteiger partial charge in [-0.05, 0) is 26.0 Å². The topological polar surface area (TPSA) is 92.5 Å². The zero-order valence-corrected chi connectivity index (χ0v) is 15.3. The minimum atomic E-state index is -0.492. The van der Waals surface area contributed by atoms with Crippen molar-refractivity contribution in [2.75, 3.05) is 6.54 Å². The van der Waals surface area contributed by atoms with Crippen LogP contribution in [0.25, 0.3) is 0 Å². The number of benzene rings is 1. The molecule has 3 rings (SSSR count). The van der Waals surface area contributed by atoms with Crippen molar-refractivity contribution in [3.8, 4) is 0 Å². The van der Waals surface area contributed by atoms with Crippen LogP contribution in [0.2, 0.25) is 0 Å². The summed E-state index contributed by atoms with van der Waals surface area (Å²) in [4.78, 5) is 38.7. The number of aromatic nitrogens is 1. The molecule has 0 spiro atoms. The van der Waals surface area contributed by atoms with Gasteiger partial charge in [-0.15, -0.1) is 11.8 Å². The Morgan fingerprint density at radius 1 is 1.38 bits per heavy atom. The Morgan fingerprint density at radius 2 is 2.15 bits per heavy atom. The number of carbonyl (C=O) groups excluding carboxylic acids is 3. The average molecular weight is 373 g/mol. The highest BCUT2D eigenvalue weighted by molar-refractivity contribution is 8.00. The Hall–Kier alpha value is -2.61. The normalized spacial score (nSPS) is 17.0. The third-order valence-corrected chi connectivity index (χ3v) is 5.28. The van der Waals surface area contributed by atoms with Crippen molar-refractivity contribution < 1.29 is 18.9 Å². The smallest absolute Gasteiger partial charge is 0.252 e. The third-order valence-electron chi connectivity index (χ3n) is 4.02. The maximum absolute atomic E-state index is 12.5. The number of nitrogens with one attached hydrogen (secondary N) is 1. The van der Waals surface area contributed by atoms with Gasteiger partial charge in [-0.2, -0.15) is 0 Å². The predicted molar refractivity (Wildman–Crippen MR) is 95.5 cm³/mol. The minimum Gasteiger partial charge on any atom is -0.359 e. The summed E-state index contributed by atoms with van der Waals surface area (Å²) in [5, 5.41) is 6.07. The summed E-state index contributed by atoms with van der Waals surface area (Å²) in [7, 11) is 0. The summed E-state index contributed by atoms with van der Waals surface area (Å²) in [6.07, 6.45) is 0.157. The molecule has 0 aliphatic carbocycles. The van der Waals surface area contributed by atoms with Gasteiger partial charge in [0.25, 0.3) is 5.91 Å². The van der Waals surface area contributed by atoms with Gasteiger partial charge < -0.3 is 9.84 Å². The molecule has 26 heavy (non-hydrogen) atoms. The summed E-state index contributed by atoms with van der Waals surface area (Å²) >= 11 is 1.25.